The lowest BCUT2D eigenvalue weighted by Gasteiger charge is -1.97. The Morgan fingerprint density at radius 2 is 2.20 bits per heavy atom. The van der Waals surface area contributed by atoms with Crippen LogP contribution in [-0.4, -0.2) is 18.1 Å². The van der Waals surface area contributed by atoms with Gasteiger partial charge in [0.1, 0.15) is 0 Å². The van der Waals surface area contributed by atoms with Crippen molar-refractivity contribution in [2.24, 2.45) is 0 Å². The Labute approximate surface area is 95.6 Å². The van der Waals surface area contributed by atoms with Crippen molar-refractivity contribution in [3.05, 3.63) is 34.4 Å². The quantitative estimate of drug-likeness (QED) is 0.684. The van der Waals surface area contributed by atoms with Crippen LogP contribution >= 0.6 is 15.9 Å². The number of hydrogen-bond acceptors (Lipinski definition) is 2. The van der Waals surface area contributed by atoms with Crippen LogP contribution in [0.3, 0.4) is 0 Å². The number of fused-ring (bicyclic) bond motifs is 1. The van der Waals surface area contributed by atoms with Crippen molar-refractivity contribution in [1.29, 1.82) is 0 Å². The molecule has 0 unspecified atom stereocenters. The molecule has 0 fully saturated rings. The molecule has 2 aromatic rings. The number of hydrogen-bond donors (Lipinski definition) is 1. The van der Waals surface area contributed by atoms with Gasteiger partial charge in [0.15, 0.2) is 0 Å². The van der Waals surface area contributed by atoms with E-state index in [1.165, 1.54) is 0 Å². The minimum atomic E-state index is 0.398. The average Bonchev–Trinajstić information content (AvgIpc) is 2.57. The van der Waals surface area contributed by atoms with Gasteiger partial charge in [-0.3, -0.25) is 4.79 Å². The van der Waals surface area contributed by atoms with E-state index in [-0.39, 0.29) is 0 Å². The predicted molar refractivity (Wildman–Crippen MR) is 61.7 cm³/mol. The van der Waals surface area contributed by atoms with Crippen LogP contribution < -0.4 is 0 Å². The fourth-order valence-electron chi connectivity index (χ4n) is 1.54. The normalized spacial score (nSPS) is 10.5. The summed E-state index contributed by atoms with van der Waals surface area (Å²) in [5.41, 5.74) is 2.14. The van der Waals surface area contributed by atoms with Crippen LogP contribution in [0, 0.1) is 0 Å². The number of para-hydroxylation sites is 1. The van der Waals surface area contributed by atoms with E-state index in [0.717, 1.165) is 21.1 Å². The molecule has 1 aromatic carbocycles. The third-order valence-electron chi connectivity index (χ3n) is 2.25. The molecule has 0 bridgehead atoms. The first kappa shape index (κ1) is 10.2. The molecule has 0 amide bonds. The van der Waals surface area contributed by atoms with Crippen LogP contribution in [0.25, 0.3) is 10.9 Å². The molecule has 0 aliphatic carbocycles. The van der Waals surface area contributed by atoms with Gasteiger partial charge in [0, 0.05) is 27.5 Å². The standard InChI is InChI=1S/C11H10BrNO2/c12-11-8-3-1-2-4-9(8)13-10(11)5-6-15-7-14/h1-4,7,13H,5-6H2. The SMILES string of the molecule is O=COCCc1[nH]c2ccccc2c1Br. The molecule has 15 heavy (non-hydrogen) atoms. The summed E-state index contributed by atoms with van der Waals surface area (Å²) in [6.45, 7) is 0.867. The van der Waals surface area contributed by atoms with Gasteiger partial charge in [-0.05, 0) is 22.0 Å². The minimum Gasteiger partial charge on any atom is -0.467 e. The molecule has 4 heteroatoms. The highest BCUT2D eigenvalue weighted by Crippen LogP contribution is 2.27. The number of H-pyrrole nitrogens is 1. The van der Waals surface area contributed by atoms with E-state index >= 15 is 0 Å². The fraction of sp³-hybridized carbons (Fsp3) is 0.182. The molecule has 0 saturated heterocycles. The van der Waals surface area contributed by atoms with Crippen molar-refractivity contribution in [3.63, 3.8) is 0 Å². The van der Waals surface area contributed by atoms with Gasteiger partial charge in [-0.15, -0.1) is 0 Å². The third kappa shape index (κ3) is 2.04. The summed E-state index contributed by atoms with van der Waals surface area (Å²) >= 11 is 3.53. The Balaban J connectivity index is 2.27. The number of carbonyl (C=O) groups is 1. The lowest BCUT2D eigenvalue weighted by atomic mass is 10.2. The van der Waals surface area contributed by atoms with Gasteiger partial charge < -0.3 is 9.72 Å². The Kier molecular flexibility index (Phi) is 3.06. The lowest BCUT2D eigenvalue weighted by molar-refractivity contribution is -0.128. The fourth-order valence-corrected chi connectivity index (χ4v) is 2.19. The first-order valence-corrected chi connectivity index (χ1v) is 5.42. The van der Waals surface area contributed by atoms with Gasteiger partial charge in [-0.2, -0.15) is 0 Å². The van der Waals surface area contributed by atoms with Crippen LogP contribution in [0.4, 0.5) is 0 Å². The van der Waals surface area contributed by atoms with Gasteiger partial charge in [0.05, 0.1) is 6.61 Å². The van der Waals surface area contributed by atoms with E-state index in [9.17, 15) is 4.79 Å². The second kappa shape index (κ2) is 4.49. The summed E-state index contributed by atoms with van der Waals surface area (Å²) in [4.78, 5) is 13.3. The van der Waals surface area contributed by atoms with Crippen molar-refractivity contribution < 1.29 is 9.53 Å². The molecule has 0 atom stereocenters. The number of carbonyl (C=O) groups excluding carboxylic acids is 1. The lowest BCUT2D eigenvalue weighted by Crippen LogP contribution is -1.97. The van der Waals surface area contributed by atoms with Crippen molar-refractivity contribution >= 4 is 33.3 Å². The Hall–Kier alpha value is -1.29. The summed E-state index contributed by atoms with van der Waals surface area (Å²) in [7, 11) is 0. The molecule has 1 N–H and O–H groups in total. The maximum Gasteiger partial charge on any atom is 0.293 e. The monoisotopic (exact) mass is 267 g/mol. The average molecular weight is 268 g/mol. The maximum absolute atomic E-state index is 10.0. The van der Waals surface area contributed by atoms with Crippen molar-refractivity contribution in [2.75, 3.05) is 6.61 Å². The Bertz CT molecular complexity index is 478. The van der Waals surface area contributed by atoms with Crippen molar-refractivity contribution in [1.82, 2.24) is 4.98 Å². The number of aromatic amines is 1. The zero-order valence-electron chi connectivity index (χ0n) is 8.00. The Morgan fingerprint density at radius 1 is 1.40 bits per heavy atom. The van der Waals surface area contributed by atoms with Gasteiger partial charge in [-0.25, -0.2) is 0 Å². The number of ether oxygens (including phenoxy) is 1. The topological polar surface area (TPSA) is 42.1 Å². The number of aromatic nitrogens is 1. The molecule has 1 aromatic heterocycles. The van der Waals surface area contributed by atoms with E-state index in [1.54, 1.807) is 0 Å². The van der Waals surface area contributed by atoms with Crippen LogP contribution in [0.5, 0.6) is 0 Å². The molecule has 2 rings (SSSR count). The highest BCUT2D eigenvalue weighted by Gasteiger charge is 2.07. The second-order valence-electron chi connectivity index (χ2n) is 3.18. The third-order valence-corrected chi connectivity index (χ3v) is 3.16. The second-order valence-corrected chi connectivity index (χ2v) is 3.97. The zero-order chi connectivity index (χ0) is 10.7. The molecular formula is C11H10BrNO2. The highest BCUT2D eigenvalue weighted by atomic mass is 79.9. The molecule has 1 heterocycles. The molecule has 3 nitrogen and oxygen atoms in total. The Morgan fingerprint density at radius 3 is 2.93 bits per heavy atom. The summed E-state index contributed by atoms with van der Waals surface area (Å²) < 4.78 is 5.72. The molecule has 0 radical (unpaired) electrons. The van der Waals surface area contributed by atoms with Crippen LogP contribution in [0.2, 0.25) is 0 Å². The molecule has 78 valence electrons. The molecule has 0 aliphatic rings. The number of benzene rings is 1. The van der Waals surface area contributed by atoms with Crippen molar-refractivity contribution in [3.8, 4) is 0 Å². The van der Waals surface area contributed by atoms with E-state index in [1.807, 2.05) is 24.3 Å². The van der Waals surface area contributed by atoms with E-state index in [4.69, 9.17) is 0 Å². The van der Waals surface area contributed by atoms with Gasteiger partial charge in [0.25, 0.3) is 6.47 Å². The maximum atomic E-state index is 10.0. The first-order chi connectivity index (χ1) is 7.33. The molecule has 0 spiro atoms. The summed E-state index contributed by atoms with van der Waals surface area (Å²) in [5.74, 6) is 0. The van der Waals surface area contributed by atoms with Gasteiger partial charge >= 0.3 is 0 Å². The summed E-state index contributed by atoms with van der Waals surface area (Å²) in [5, 5.41) is 1.15. The minimum absolute atomic E-state index is 0.398. The van der Waals surface area contributed by atoms with Crippen LogP contribution in [0.1, 0.15) is 5.69 Å². The zero-order valence-corrected chi connectivity index (χ0v) is 9.58. The van der Waals surface area contributed by atoms with Crippen molar-refractivity contribution in [2.45, 2.75) is 6.42 Å². The summed E-state index contributed by atoms with van der Waals surface area (Å²) in [6, 6.07) is 8.04. The van der Waals surface area contributed by atoms with E-state index in [0.29, 0.717) is 19.5 Å². The van der Waals surface area contributed by atoms with E-state index < -0.39 is 0 Å². The van der Waals surface area contributed by atoms with Gasteiger partial charge in [-0.1, -0.05) is 18.2 Å². The largest absolute Gasteiger partial charge is 0.467 e. The van der Waals surface area contributed by atoms with Crippen LogP contribution in [-0.2, 0) is 16.0 Å². The summed E-state index contributed by atoms with van der Waals surface area (Å²) in [6.07, 6.45) is 0.688. The van der Waals surface area contributed by atoms with Crippen LogP contribution in [0.15, 0.2) is 28.7 Å². The predicted octanol–water partition coefficient (Wildman–Crippen LogP) is 2.65. The van der Waals surface area contributed by atoms with Gasteiger partial charge in [0.2, 0.25) is 0 Å². The molecular weight excluding hydrogens is 258 g/mol. The molecule has 0 aliphatic heterocycles. The first-order valence-electron chi connectivity index (χ1n) is 4.63. The number of halogens is 1. The molecule has 0 saturated carbocycles. The highest BCUT2D eigenvalue weighted by molar-refractivity contribution is 9.10. The smallest absolute Gasteiger partial charge is 0.293 e. The number of nitrogens with one attached hydrogen (secondary N) is 1. The number of rotatable bonds is 4. The van der Waals surface area contributed by atoms with E-state index in [2.05, 4.69) is 25.7 Å².